The molecule has 0 aliphatic heterocycles. The third-order valence-electron chi connectivity index (χ3n) is 3.35. The molecule has 1 aromatic carbocycles. The van der Waals surface area contributed by atoms with Gasteiger partial charge in [-0.15, -0.1) is 11.3 Å². The maximum atomic E-state index is 13.8. The van der Waals surface area contributed by atoms with E-state index in [1.165, 1.54) is 23.8 Å². The van der Waals surface area contributed by atoms with Crippen LogP contribution >= 0.6 is 11.3 Å². The van der Waals surface area contributed by atoms with E-state index in [1.54, 1.807) is 23.5 Å². The average Bonchev–Trinajstić information content (AvgIpc) is 3.16. The minimum atomic E-state index is -0.194. The number of hydrogen-bond donors (Lipinski definition) is 1. The first kappa shape index (κ1) is 12.8. The lowest BCUT2D eigenvalue weighted by molar-refractivity contribution is 0.631. The van der Waals surface area contributed by atoms with Gasteiger partial charge in [0.05, 0.1) is 5.69 Å². The van der Waals surface area contributed by atoms with E-state index >= 15 is 0 Å². The van der Waals surface area contributed by atoms with Crippen LogP contribution in [0.1, 0.15) is 30.3 Å². The second kappa shape index (κ2) is 5.39. The molecule has 1 N–H and O–H groups in total. The Balaban J connectivity index is 1.87. The van der Waals surface area contributed by atoms with Crippen molar-refractivity contribution in [3.05, 3.63) is 40.7 Å². The fraction of sp³-hybridized carbons (Fsp3) is 0.400. The SMILES string of the molecule is CCc1nc(-c2ccccc2F)sc1CNC1CC1. The van der Waals surface area contributed by atoms with Crippen LogP contribution in [0.2, 0.25) is 0 Å². The Morgan fingerprint density at radius 1 is 1.37 bits per heavy atom. The van der Waals surface area contributed by atoms with Crippen LogP contribution in [0.15, 0.2) is 24.3 Å². The third kappa shape index (κ3) is 2.85. The minimum absolute atomic E-state index is 0.194. The molecule has 0 spiro atoms. The third-order valence-corrected chi connectivity index (χ3v) is 4.48. The highest BCUT2D eigenvalue weighted by Gasteiger charge is 2.21. The molecule has 0 radical (unpaired) electrons. The van der Waals surface area contributed by atoms with Gasteiger partial charge in [-0.05, 0) is 31.4 Å². The van der Waals surface area contributed by atoms with E-state index in [-0.39, 0.29) is 5.82 Å². The molecule has 19 heavy (non-hydrogen) atoms. The predicted molar refractivity (Wildman–Crippen MR) is 76.7 cm³/mol. The van der Waals surface area contributed by atoms with Crippen molar-refractivity contribution in [2.24, 2.45) is 0 Å². The van der Waals surface area contributed by atoms with E-state index in [4.69, 9.17) is 0 Å². The maximum absolute atomic E-state index is 13.8. The summed E-state index contributed by atoms with van der Waals surface area (Å²) in [5.41, 5.74) is 1.70. The highest BCUT2D eigenvalue weighted by atomic mass is 32.1. The first-order valence-electron chi connectivity index (χ1n) is 6.74. The number of thiazole rings is 1. The average molecular weight is 276 g/mol. The number of benzene rings is 1. The molecule has 2 nitrogen and oxygen atoms in total. The van der Waals surface area contributed by atoms with Gasteiger partial charge in [0, 0.05) is 23.0 Å². The Kier molecular flexibility index (Phi) is 3.62. The quantitative estimate of drug-likeness (QED) is 0.899. The molecule has 4 heteroatoms. The van der Waals surface area contributed by atoms with Crippen molar-refractivity contribution in [1.82, 2.24) is 10.3 Å². The Morgan fingerprint density at radius 3 is 2.84 bits per heavy atom. The van der Waals surface area contributed by atoms with Gasteiger partial charge in [0.2, 0.25) is 0 Å². The summed E-state index contributed by atoms with van der Waals surface area (Å²) < 4.78 is 13.8. The number of nitrogens with one attached hydrogen (secondary N) is 1. The molecule has 1 aromatic heterocycles. The topological polar surface area (TPSA) is 24.9 Å². The molecule has 0 unspecified atom stereocenters. The Hall–Kier alpha value is -1.26. The second-order valence-electron chi connectivity index (χ2n) is 4.88. The molecule has 1 fully saturated rings. The Bertz CT molecular complexity index is 575. The number of hydrogen-bond acceptors (Lipinski definition) is 3. The zero-order valence-corrected chi connectivity index (χ0v) is 11.8. The molecule has 1 aliphatic rings. The maximum Gasteiger partial charge on any atom is 0.133 e. The fourth-order valence-corrected chi connectivity index (χ4v) is 3.20. The van der Waals surface area contributed by atoms with Crippen LogP contribution in [0, 0.1) is 5.82 Å². The van der Waals surface area contributed by atoms with Gasteiger partial charge in [-0.3, -0.25) is 0 Å². The monoisotopic (exact) mass is 276 g/mol. The number of rotatable bonds is 5. The van der Waals surface area contributed by atoms with Gasteiger partial charge in [-0.2, -0.15) is 0 Å². The summed E-state index contributed by atoms with van der Waals surface area (Å²) in [7, 11) is 0. The van der Waals surface area contributed by atoms with Gasteiger partial charge in [-0.25, -0.2) is 9.37 Å². The van der Waals surface area contributed by atoms with Crippen molar-refractivity contribution in [2.45, 2.75) is 38.8 Å². The molecular formula is C15H17FN2S. The van der Waals surface area contributed by atoms with E-state index in [1.807, 2.05) is 6.07 Å². The lowest BCUT2D eigenvalue weighted by Gasteiger charge is -2.00. The molecule has 0 bridgehead atoms. The molecule has 3 rings (SSSR count). The van der Waals surface area contributed by atoms with Gasteiger partial charge in [0.15, 0.2) is 0 Å². The standard InChI is InChI=1S/C15H17FN2S/c1-2-13-14(9-17-10-7-8-10)19-15(18-13)11-5-3-4-6-12(11)16/h3-6,10,17H,2,7-9H2,1H3. The van der Waals surface area contributed by atoms with Crippen LogP contribution < -0.4 is 5.32 Å². The van der Waals surface area contributed by atoms with Crippen LogP contribution in [0.5, 0.6) is 0 Å². The Morgan fingerprint density at radius 2 is 2.16 bits per heavy atom. The van der Waals surface area contributed by atoms with Crippen LogP contribution in [0.25, 0.3) is 10.6 Å². The van der Waals surface area contributed by atoms with Gasteiger partial charge in [0.25, 0.3) is 0 Å². The predicted octanol–water partition coefficient (Wildman–Crippen LogP) is 3.76. The molecule has 0 atom stereocenters. The molecule has 0 saturated heterocycles. The van der Waals surface area contributed by atoms with Crippen molar-refractivity contribution in [1.29, 1.82) is 0 Å². The lowest BCUT2D eigenvalue weighted by atomic mass is 10.2. The minimum Gasteiger partial charge on any atom is -0.309 e. The molecule has 1 heterocycles. The van der Waals surface area contributed by atoms with E-state index in [0.717, 1.165) is 23.7 Å². The highest BCUT2D eigenvalue weighted by molar-refractivity contribution is 7.15. The summed E-state index contributed by atoms with van der Waals surface area (Å²) in [6.07, 6.45) is 3.45. The summed E-state index contributed by atoms with van der Waals surface area (Å²) in [6, 6.07) is 7.54. The number of aryl methyl sites for hydroxylation is 1. The van der Waals surface area contributed by atoms with Crippen LogP contribution in [0.4, 0.5) is 4.39 Å². The van der Waals surface area contributed by atoms with Gasteiger partial charge in [-0.1, -0.05) is 19.1 Å². The smallest absolute Gasteiger partial charge is 0.133 e. The van der Waals surface area contributed by atoms with E-state index < -0.39 is 0 Å². The van der Waals surface area contributed by atoms with Crippen LogP contribution in [-0.2, 0) is 13.0 Å². The van der Waals surface area contributed by atoms with Crippen LogP contribution in [0.3, 0.4) is 0 Å². The zero-order valence-electron chi connectivity index (χ0n) is 10.9. The second-order valence-corrected chi connectivity index (χ2v) is 5.96. The largest absolute Gasteiger partial charge is 0.309 e. The number of nitrogens with zero attached hydrogens (tertiary/aromatic N) is 1. The zero-order chi connectivity index (χ0) is 13.2. The summed E-state index contributed by atoms with van der Waals surface area (Å²) in [4.78, 5) is 5.84. The van der Waals surface area contributed by atoms with Gasteiger partial charge >= 0.3 is 0 Å². The van der Waals surface area contributed by atoms with Crippen molar-refractivity contribution in [3.8, 4) is 10.6 Å². The van der Waals surface area contributed by atoms with E-state index in [2.05, 4.69) is 17.2 Å². The van der Waals surface area contributed by atoms with Gasteiger partial charge in [0.1, 0.15) is 10.8 Å². The first-order chi connectivity index (χ1) is 9.28. The fourth-order valence-electron chi connectivity index (χ4n) is 2.07. The molecule has 2 aromatic rings. The normalized spacial score (nSPS) is 14.8. The summed E-state index contributed by atoms with van der Waals surface area (Å²) in [6.45, 7) is 2.96. The summed E-state index contributed by atoms with van der Waals surface area (Å²) in [5.74, 6) is -0.194. The van der Waals surface area contributed by atoms with Crippen molar-refractivity contribution in [3.63, 3.8) is 0 Å². The molecule has 100 valence electrons. The molecule has 0 amide bonds. The lowest BCUT2D eigenvalue weighted by Crippen LogP contribution is -2.15. The van der Waals surface area contributed by atoms with E-state index in [0.29, 0.717) is 11.6 Å². The molecule has 1 saturated carbocycles. The summed E-state index contributed by atoms with van der Waals surface area (Å²) >= 11 is 1.61. The van der Waals surface area contributed by atoms with Crippen molar-refractivity contribution < 1.29 is 4.39 Å². The van der Waals surface area contributed by atoms with Crippen LogP contribution in [-0.4, -0.2) is 11.0 Å². The number of aromatic nitrogens is 1. The molecule has 1 aliphatic carbocycles. The molecular weight excluding hydrogens is 259 g/mol. The van der Waals surface area contributed by atoms with Crippen molar-refractivity contribution >= 4 is 11.3 Å². The Labute approximate surface area is 116 Å². The van der Waals surface area contributed by atoms with E-state index in [9.17, 15) is 4.39 Å². The first-order valence-corrected chi connectivity index (χ1v) is 7.56. The highest BCUT2D eigenvalue weighted by Crippen LogP contribution is 2.31. The van der Waals surface area contributed by atoms with Gasteiger partial charge < -0.3 is 5.32 Å². The van der Waals surface area contributed by atoms with Crippen molar-refractivity contribution in [2.75, 3.05) is 0 Å². The summed E-state index contributed by atoms with van der Waals surface area (Å²) in [5, 5.41) is 4.30. The number of halogens is 1.